The second-order valence-corrected chi connectivity index (χ2v) is 6.94. The molecule has 144 valence electrons. The molecule has 0 amide bonds. The number of aldehydes is 1. The van der Waals surface area contributed by atoms with Crippen LogP contribution >= 0.6 is 15.9 Å². The van der Waals surface area contributed by atoms with Crippen LogP contribution in [-0.4, -0.2) is 24.8 Å². The zero-order chi connectivity index (χ0) is 20.4. The number of aryl methyl sites for hydroxylation is 2. The van der Waals surface area contributed by atoms with Crippen LogP contribution in [-0.2, 0) is 4.74 Å². The fraction of sp³-hybridized carbons (Fsp3) is 0.190. The highest BCUT2D eigenvalue weighted by Gasteiger charge is 2.27. The molecular formula is C21H17BrO6. The summed E-state index contributed by atoms with van der Waals surface area (Å²) in [5, 5.41) is 0.326. The third kappa shape index (κ3) is 3.57. The summed E-state index contributed by atoms with van der Waals surface area (Å²) < 4.78 is 16.4. The van der Waals surface area contributed by atoms with E-state index >= 15 is 0 Å². The Hall–Kier alpha value is -2.93. The van der Waals surface area contributed by atoms with Gasteiger partial charge in [-0.05, 0) is 60.5 Å². The summed E-state index contributed by atoms with van der Waals surface area (Å²) in [5.74, 6) is -1.17. The van der Waals surface area contributed by atoms with Gasteiger partial charge in [-0.15, -0.1) is 0 Å². The monoisotopic (exact) mass is 444 g/mol. The van der Waals surface area contributed by atoms with Gasteiger partial charge in [0.25, 0.3) is 0 Å². The Balaban J connectivity index is 2.11. The Labute approximate surface area is 169 Å². The summed E-state index contributed by atoms with van der Waals surface area (Å²) in [5.41, 5.74) is 2.35. The van der Waals surface area contributed by atoms with Gasteiger partial charge in [0, 0.05) is 0 Å². The average Bonchev–Trinajstić information content (AvgIpc) is 3.07. The van der Waals surface area contributed by atoms with E-state index in [9.17, 15) is 14.4 Å². The van der Waals surface area contributed by atoms with Crippen molar-refractivity contribution in [3.8, 4) is 5.75 Å². The largest absolute Gasteiger partial charge is 0.462 e. The first-order valence-corrected chi connectivity index (χ1v) is 9.33. The summed E-state index contributed by atoms with van der Waals surface area (Å²) in [6, 6.07) is 8.56. The zero-order valence-corrected chi connectivity index (χ0v) is 17.1. The van der Waals surface area contributed by atoms with E-state index in [1.165, 1.54) is 0 Å². The summed E-state index contributed by atoms with van der Waals surface area (Å²) in [7, 11) is 0. The lowest BCUT2D eigenvalue weighted by Gasteiger charge is -2.10. The summed E-state index contributed by atoms with van der Waals surface area (Å²) in [4.78, 5) is 36.3. The molecule has 0 radical (unpaired) electrons. The smallest absolute Gasteiger partial charge is 0.343 e. The third-order valence-electron chi connectivity index (χ3n) is 4.15. The molecule has 0 aliphatic heterocycles. The zero-order valence-electron chi connectivity index (χ0n) is 15.5. The summed E-state index contributed by atoms with van der Waals surface area (Å²) in [6.07, 6.45) is 0.454. The number of halogens is 1. The van der Waals surface area contributed by atoms with Gasteiger partial charge in [0.05, 0.1) is 22.0 Å². The number of ether oxygens (including phenoxy) is 2. The Kier molecular flexibility index (Phi) is 5.65. The number of hydrogen-bond donors (Lipinski definition) is 0. The number of esters is 2. The predicted molar refractivity (Wildman–Crippen MR) is 106 cm³/mol. The molecule has 3 rings (SSSR count). The molecule has 0 aliphatic rings. The first kappa shape index (κ1) is 19.8. The molecule has 0 aliphatic carbocycles. The quantitative estimate of drug-likeness (QED) is 0.312. The molecule has 0 unspecified atom stereocenters. The highest BCUT2D eigenvalue weighted by molar-refractivity contribution is 9.10. The average molecular weight is 445 g/mol. The van der Waals surface area contributed by atoms with Gasteiger partial charge in [-0.3, -0.25) is 4.79 Å². The van der Waals surface area contributed by atoms with Gasteiger partial charge in [0.1, 0.15) is 16.9 Å². The fourth-order valence-electron chi connectivity index (χ4n) is 2.80. The van der Waals surface area contributed by atoms with Crippen molar-refractivity contribution in [1.29, 1.82) is 0 Å². The van der Waals surface area contributed by atoms with Gasteiger partial charge >= 0.3 is 11.9 Å². The van der Waals surface area contributed by atoms with Crippen molar-refractivity contribution < 1.29 is 28.3 Å². The Bertz CT molecular complexity index is 1080. The number of rotatable bonds is 5. The van der Waals surface area contributed by atoms with Crippen LogP contribution in [0.1, 0.15) is 49.3 Å². The maximum atomic E-state index is 12.5. The number of carbonyl (C=O) groups excluding carboxylic acids is 3. The van der Waals surface area contributed by atoms with Gasteiger partial charge in [0.15, 0.2) is 12.0 Å². The van der Waals surface area contributed by atoms with E-state index in [1.54, 1.807) is 32.0 Å². The van der Waals surface area contributed by atoms with Crippen LogP contribution in [0.5, 0.6) is 5.75 Å². The maximum absolute atomic E-state index is 12.5. The molecule has 1 aromatic heterocycles. The second-order valence-electron chi connectivity index (χ2n) is 6.14. The molecule has 0 saturated heterocycles. The van der Waals surface area contributed by atoms with Crippen molar-refractivity contribution in [2.24, 2.45) is 0 Å². The van der Waals surface area contributed by atoms with Gasteiger partial charge < -0.3 is 13.9 Å². The number of carbonyl (C=O) groups is 3. The molecule has 0 fully saturated rings. The van der Waals surface area contributed by atoms with E-state index < -0.39 is 11.9 Å². The van der Waals surface area contributed by atoms with E-state index in [-0.39, 0.29) is 23.7 Å². The molecule has 0 bridgehead atoms. The second kappa shape index (κ2) is 7.98. The Morgan fingerprint density at radius 3 is 2.43 bits per heavy atom. The number of hydrogen-bond acceptors (Lipinski definition) is 6. The van der Waals surface area contributed by atoms with Gasteiger partial charge in [-0.2, -0.15) is 0 Å². The van der Waals surface area contributed by atoms with Crippen LogP contribution in [0.25, 0.3) is 11.0 Å². The lowest BCUT2D eigenvalue weighted by Crippen LogP contribution is -2.10. The van der Waals surface area contributed by atoms with Crippen molar-refractivity contribution >= 4 is 45.1 Å². The molecular weight excluding hydrogens is 428 g/mol. The predicted octanol–water partition coefficient (Wildman–Crippen LogP) is 5.02. The van der Waals surface area contributed by atoms with Gasteiger partial charge in [-0.1, -0.05) is 17.7 Å². The SMILES string of the molecule is CCOC(=O)c1c(C=O)oc2c(C)cc(OC(=O)c3ccc(C)cc3)c(Br)c12. The van der Waals surface area contributed by atoms with Gasteiger partial charge in [-0.25, -0.2) is 9.59 Å². The van der Waals surface area contributed by atoms with E-state index in [0.29, 0.717) is 32.9 Å². The molecule has 7 heteroatoms. The van der Waals surface area contributed by atoms with E-state index in [2.05, 4.69) is 15.9 Å². The number of fused-ring (bicyclic) bond motifs is 1. The van der Waals surface area contributed by atoms with Crippen molar-refractivity contribution in [1.82, 2.24) is 0 Å². The standard InChI is InChI=1S/C21H17BrO6/c1-4-26-21(25)16-15(10-23)27-19-12(3)9-14(18(22)17(16)19)28-20(24)13-7-5-11(2)6-8-13/h5-10H,4H2,1-3H3. The van der Waals surface area contributed by atoms with Gasteiger partial charge in [0.2, 0.25) is 0 Å². The van der Waals surface area contributed by atoms with Crippen LogP contribution in [0.2, 0.25) is 0 Å². The summed E-state index contributed by atoms with van der Waals surface area (Å²) in [6.45, 7) is 5.45. The highest BCUT2D eigenvalue weighted by Crippen LogP contribution is 2.40. The minimum atomic E-state index is -0.689. The molecule has 1 heterocycles. The molecule has 3 aromatic rings. The summed E-state index contributed by atoms with van der Waals surface area (Å²) >= 11 is 3.38. The number of benzene rings is 2. The lowest BCUT2D eigenvalue weighted by molar-refractivity contribution is 0.0524. The van der Waals surface area contributed by atoms with Crippen molar-refractivity contribution in [2.45, 2.75) is 20.8 Å². The van der Waals surface area contributed by atoms with Crippen LogP contribution in [0, 0.1) is 13.8 Å². The van der Waals surface area contributed by atoms with Crippen LogP contribution in [0.15, 0.2) is 39.2 Å². The molecule has 2 aromatic carbocycles. The van der Waals surface area contributed by atoms with Crippen molar-refractivity contribution in [3.63, 3.8) is 0 Å². The lowest BCUT2D eigenvalue weighted by atomic mass is 10.1. The van der Waals surface area contributed by atoms with Crippen LogP contribution < -0.4 is 4.74 Å². The Morgan fingerprint density at radius 1 is 1.14 bits per heavy atom. The first-order chi connectivity index (χ1) is 13.4. The molecule has 6 nitrogen and oxygen atoms in total. The third-order valence-corrected chi connectivity index (χ3v) is 4.94. The first-order valence-electron chi connectivity index (χ1n) is 8.54. The molecule has 0 saturated carbocycles. The van der Waals surface area contributed by atoms with E-state index in [4.69, 9.17) is 13.9 Å². The molecule has 0 spiro atoms. The minimum absolute atomic E-state index is 0.00457. The molecule has 0 atom stereocenters. The van der Waals surface area contributed by atoms with E-state index in [1.807, 2.05) is 19.1 Å². The van der Waals surface area contributed by atoms with Crippen LogP contribution in [0.4, 0.5) is 0 Å². The maximum Gasteiger partial charge on any atom is 0.343 e. The molecule has 28 heavy (non-hydrogen) atoms. The highest BCUT2D eigenvalue weighted by atomic mass is 79.9. The Morgan fingerprint density at radius 2 is 1.82 bits per heavy atom. The fourth-order valence-corrected chi connectivity index (χ4v) is 3.37. The van der Waals surface area contributed by atoms with Crippen LogP contribution in [0.3, 0.4) is 0 Å². The van der Waals surface area contributed by atoms with Crippen molar-refractivity contribution in [2.75, 3.05) is 6.61 Å². The number of furan rings is 1. The van der Waals surface area contributed by atoms with E-state index in [0.717, 1.165) is 5.56 Å². The molecule has 0 N–H and O–H groups in total. The minimum Gasteiger partial charge on any atom is -0.462 e. The topological polar surface area (TPSA) is 82.8 Å². The normalized spacial score (nSPS) is 10.7. The van der Waals surface area contributed by atoms with Crippen molar-refractivity contribution in [3.05, 3.63) is 62.8 Å².